The number of benzene rings is 2. The Bertz CT molecular complexity index is 619. The van der Waals surface area contributed by atoms with Crippen LogP contribution in [-0.2, 0) is 13.0 Å². The van der Waals surface area contributed by atoms with Gasteiger partial charge in [-0.3, -0.25) is 0 Å². The molecule has 0 aromatic heterocycles. The van der Waals surface area contributed by atoms with Crippen LogP contribution in [0.15, 0.2) is 40.9 Å². The lowest BCUT2D eigenvalue weighted by molar-refractivity contribution is 0.300. The van der Waals surface area contributed by atoms with E-state index in [2.05, 4.69) is 15.9 Å². The zero-order chi connectivity index (χ0) is 15.2. The Hall–Kier alpha value is -1.23. The maximum Gasteiger partial charge on any atom is 0.126 e. The minimum atomic E-state index is 0.400. The Morgan fingerprint density at radius 2 is 1.90 bits per heavy atom. The van der Waals surface area contributed by atoms with Gasteiger partial charge in [-0.15, -0.1) is 0 Å². The molecule has 5 heteroatoms. The third kappa shape index (κ3) is 4.37. The Labute approximate surface area is 138 Å². The molecule has 0 radical (unpaired) electrons. The maximum atomic E-state index is 6.20. The minimum absolute atomic E-state index is 0.400. The average Bonchev–Trinajstić information content (AvgIpc) is 2.48. The third-order valence-corrected chi connectivity index (χ3v) is 3.93. The predicted molar refractivity (Wildman–Crippen MR) is 89.2 cm³/mol. The van der Waals surface area contributed by atoms with Crippen LogP contribution in [0.4, 0.5) is 0 Å². The number of hydrogen-bond acceptors (Lipinski definition) is 3. The lowest BCUT2D eigenvalue weighted by Gasteiger charge is -2.13. The summed E-state index contributed by atoms with van der Waals surface area (Å²) in [6, 6.07) is 11.5. The summed E-state index contributed by atoms with van der Waals surface area (Å²) in [5.74, 6) is 1.53. The van der Waals surface area contributed by atoms with E-state index in [9.17, 15) is 0 Å². The van der Waals surface area contributed by atoms with Gasteiger partial charge in [0.1, 0.15) is 18.1 Å². The molecule has 0 bridgehead atoms. The topological polar surface area (TPSA) is 44.5 Å². The molecule has 0 spiro atoms. The molecule has 2 aromatic rings. The zero-order valence-corrected chi connectivity index (χ0v) is 14.1. The van der Waals surface area contributed by atoms with E-state index >= 15 is 0 Å². The number of rotatable bonds is 6. The van der Waals surface area contributed by atoms with Gasteiger partial charge in [-0.2, -0.15) is 0 Å². The van der Waals surface area contributed by atoms with E-state index in [4.69, 9.17) is 26.8 Å². The second-order valence-corrected chi connectivity index (χ2v) is 5.86. The van der Waals surface area contributed by atoms with Gasteiger partial charge in [-0.05, 0) is 36.7 Å². The van der Waals surface area contributed by atoms with Gasteiger partial charge >= 0.3 is 0 Å². The van der Waals surface area contributed by atoms with Crippen LogP contribution in [0.5, 0.6) is 11.5 Å². The smallest absolute Gasteiger partial charge is 0.126 e. The Morgan fingerprint density at radius 3 is 2.57 bits per heavy atom. The van der Waals surface area contributed by atoms with Gasteiger partial charge in [0.05, 0.1) is 7.11 Å². The molecule has 112 valence electrons. The van der Waals surface area contributed by atoms with Gasteiger partial charge in [-0.25, -0.2) is 0 Å². The third-order valence-electron chi connectivity index (χ3n) is 3.09. The van der Waals surface area contributed by atoms with E-state index in [-0.39, 0.29) is 0 Å². The highest BCUT2D eigenvalue weighted by Crippen LogP contribution is 2.28. The number of ether oxygens (including phenoxy) is 2. The van der Waals surface area contributed by atoms with Crippen molar-refractivity contribution in [2.24, 2.45) is 5.73 Å². The minimum Gasteiger partial charge on any atom is -0.497 e. The van der Waals surface area contributed by atoms with Crippen molar-refractivity contribution in [2.75, 3.05) is 13.7 Å². The highest BCUT2D eigenvalue weighted by atomic mass is 79.9. The molecule has 2 rings (SSSR count). The van der Waals surface area contributed by atoms with Crippen LogP contribution < -0.4 is 15.2 Å². The highest BCUT2D eigenvalue weighted by molar-refractivity contribution is 9.10. The van der Waals surface area contributed by atoms with Crippen molar-refractivity contribution in [3.8, 4) is 11.5 Å². The molecule has 3 nitrogen and oxygen atoms in total. The van der Waals surface area contributed by atoms with Crippen LogP contribution >= 0.6 is 27.5 Å². The van der Waals surface area contributed by atoms with Crippen LogP contribution in [0.2, 0.25) is 5.02 Å². The second-order valence-electron chi connectivity index (χ2n) is 4.54. The van der Waals surface area contributed by atoms with Crippen LogP contribution in [-0.4, -0.2) is 13.7 Å². The Kier molecular flexibility index (Phi) is 5.91. The summed E-state index contributed by atoms with van der Waals surface area (Å²) in [5.41, 5.74) is 7.63. The van der Waals surface area contributed by atoms with E-state index < -0.39 is 0 Å². The van der Waals surface area contributed by atoms with Gasteiger partial charge in [0.25, 0.3) is 0 Å². The first-order valence-corrected chi connectivity index (χ1v) is 7.75. The summed E-state index contributed by atoms with van der Waals surface area (Å²) in [6.45, 7) is 0.971. The Balaban J connectivity index is 2.17. The zero-order valence-electron chi connectivity index (χ0n) is 11.7. The summed E-state index contributed by atoms with van der Waals surface area (Å²) in [5, 5.41) is 0.674. The molecular formula is C16H17BrClNO2. The van der Waals surface area contributed by atoms with Crippen molar-refractivity contribution in [1.82, 2.24) is 0 Å². The van der Waals surface area contributed by atoms with Crippen LogP contribution in [0.1, 0.15) is 11.1 Å². The molecule has 2 N–H and O–H groups in total. The monoisotopic (exact) mass is 369 g/mol. The first-order chi connectivity index (χ1) is 10.1. The van der Waals surface area contributed by atoms with Crippen LogP contribution in [0, 0.1) is 0 Å². The van der Waals surface area contributed by atoms with Gasteiger partial charge in [-0.1, -0.05) is 39.7 Å². The van der Waals surface area contributed by atoms with Gasteiger partial charge < -0.3 is 15.2 Å². The quantitative estimate of drug-likeness (QED) is 0.829. The van der Waals surface area contributed by atoms with Crippen molar-refractivity contribution in [2.45, 2.75) is 13.0 Å². The molecule has 21 heavy (non-hydrogen) atoms. The van der Waals surface area contributed by atoms with E-state index in [0.717, 1.165) is 33.5 Å². The highest BCUT2D eigenvalue weighted by Gasteiger charge is 2.08. The molecule has 0 unspecified atom stereocenters. The summed E-state index contributed by atoms with van der Waals surface area (Å²) in [7, 11) is 1.63. The summed E-state index contributed by atoms with van der Waals surface area (Å²) < 4.78 is 12.1. The molecular weight excluding hydrogens is 354 g/mol. The lowest BCUT2D eigenvalue weighted by atomic mass is 10.1. The standard InChI is InChI=1S/C16H17BrClNO2/c1-20-14-5-3-11(6-7-19)16(9-14)21-10-12-2-4-13(17)8-15(12)18/h2-5,8-9H,6-7,10,19H2,1H3. The summed E-state index contributed by atoms with van der Waals surface area (Å²) in [6.07, 6.45) is 0.757. The number of nitrogens with two attached hydrogens (primary N) is 1. The van der Waals surface area contributed by atoms with Crippen LogP contribution in [0.25, 0.3) is 0 Å². The number of hydrogen-bond donors (Lipinski definition) is 1. The SMILES string of the molecule is COc1ccc(CCN)c(OCc2ccc(Br)cc2Cl)c1. The number of methoxy groups -OCH3 is 1. The van der Waals surface area contributed by atoms with Gasteiger partial charge in [0.15, 0.2) is 0 Å². The van der Waals surface area contributed by atoms with Crippen molar-refractivity contribution in [3.05, 3.63) is 57.0 Å². The lowest BCUT2D eigenvalue weighted by Crippen LogP contribution is -2.06. The average molecular weight is 371 g/mol. The van der Waals surface area contributed by atoms with Crippen LogP contribution in [0.3, 0.4) is 0 Å². The first kappa shape index (κ1) is 16.1. The van der Waals surface area contributed by atoms with E-state index in [1.54, 1.807) is 7.11 Å². The van der Waals surface area contributed by atoms with E-state index in [0.29, 0.717) is 18.2 Å². The Morgan fingerprint density at radius 1 is 1.14 bits per heavy atom. The fourth-order valence-corrected chi connectivity index (χ4v) is 2.68. The van der Waals surface area contributed by atoms with E-state index in [1.165, 1.54) is 0 Å². The fraction of sp³-hybridized carbons (Fsp3) is 0.250. The maximum absolute atomic E-state index is 6.20. The molecule has 0 aliphatic rings. The van der Waals surface area contributed by atoms with Crippen molar-refractivity contribution < 1.29 is 9.47 Å². The molecule has 0 aliphatic carbocycles. The van der Waals surface area contributed by atoms with Crippen molar-refractivity contribution >= 4 is 27.5 Å². The summed E-state index contributed by atoms with van der Waals surface area (Å²) in [4.78, 5) is 0. The normalized spacial score (nSPS) is 10.5. The summed E-state index contributed by atoms with van der Waals surface area (Å²) >= 11 is 9.59. The predicted octanol–water partition coefficient (Wildman–Crippen LogP) is 4.19. The number of halogens is 2. The fourth-order valence-electron chi connectivity index (χ4n) is 1.95. The molecule has 0 saturated carbocycles. The molecule has 0 atom stereocenters. The van der Waals surface area contributed by atoms with E-state index in [1.807, 2.05) is 36.4 Å². The van der Waals surface area contributed by atoms with Crippen molar-refractivity contribution in [1.29, 1.82) is 0 Å². The van der Waals surface area contributed by atoms with Gasteiger partial charge in [0.2, 0.25) is 0 Å². The van der Waals surface area contributed by atoms with Crippen molar-refractivity contribution in [3.63, 3.8) is 0 Å². The molecule has 0 aliphatic heterocycles. The molecule has 0 fully saturated rings. The second kappa shape index (κ2) is 7.69. The molecule has 0 amide bonds. The first-order valence-electron chi connectivity index (χ1n) is 6.57. The van der Waals surface area contributed by atoms with Gasteiger partial charge in [0, 0.05) is 21.1 Å². The molecule has 0 saturated heterocycles. The largest absolute Gasteiger partial charge is 0.497 e. The molecule has 2 aromatic carbocycles. The molecule has 0 heterocycles.